The molecule has 22 nitrogen and oxygen atoms in total. The number of carbonyl (C=O) groups excluding carboxylic acids is 1. The van der Waals surface area contributed by atoms with E-state index in [1.54, 1.807) is 4.72 Å². The number of carbonyl (C=O) groups is 2. The van der Waals surface area contributed by atoms with Crippen LogP contribution in [0.1, 0.15) is 30.2 Å². The number of ether oxygens (including phenoxy) is 1. The normalized spacial score (nSPS) is 12.3. The minimum absolute atomic E-state index is 0.0257. The molecule has 33 heteroatoms. The van der Waals surface area contributed by atoms with Gasteiger partial charge in [0.05, 0.1) is 71.3 Å². The van der Waals surface area contributed by atoms with E-state index in [4.69, 9.17) is 37.9 Å². The van der Waals surface area contributed by atoms with Gasteiger partial charge in [0, 0.05) is 6.42 Å². The molecule has 1 atom stereocenters. The fraction of sp³-hybridized carbons (Fsp3) is 0.406. The lowest BCUT2D eigenvalue weighted by molar-refractivity contribution is -0.193. The van der Waals surface area contributed by atoms with Gasteiger partial charge in [-0.2, -0.15) is 41.6 Å². The molecule has 0 aliphatic heterocycles. The molecular weight excluding hydrogens is 1010 g/mol. The van der Waals surface area contributed by atoms with Gasteiger partial charge >= 0.3 is 36.4 Å². The summed E-state index contributed by atoms with van der Waals surface area (Å²) in [5.74, 6) is -1.45. The summed E-state index contributed by atoms with van der Waals surface area (Å²) in [4.78, 5) is 62.7. The number of hydrogen-bond acceptors (Lipinski definition) is 15. The van der Waals surface area contributed by atoms with Crippen LogP contribution in [-0.4, -0.2) is 119 Å². The van der Waals surface area contributed by atoms with Crippen molar-refractivity contribution in [3.8, 4) is 11.7 Å². The number of alkyl halides is 5. The average Bonchev–Trinajstić information content (AvgIpc) is 3.43. The number of sulfonamides is 2. The van der Waals surface area contributed by atoms with Gasteiger partial charge in [-0.05, 0) is 54.9 Å². The summed E-state index contributed by atoms with van der Waals surface area (Å²) in [6.07, 6.45) is 0.581. The van der Waals surface area contributed by atoms with E-state index in [1.807, 2.05) is 5.32 Å². The van der Waals surface area contributed by atoms with Gasteiger partial charge in [-0.15, -0.1) is 5.10 Å². The van der Waals surface area contributed by atoms with Crippen molar-refractivity contribution in [2.45, 2.75) is 44.3 Å². The molecule has 0 saturated heterocycles. The van der Waals surface area contributed by atoms with Gasteiger partial charge in [0.25, 0.3) is 10.0 Å². The van der Waals surface area contributed by atoms with Gasteiger partial charge in [0.15, 0.2) is 0 Å². The zero-order valence-electron chi connectivity index (χ0n) is 34.8. The van der Waals surface area contributed by atoms with Crippen molar-refractivity contribution in [1.82, 2.24) is 39.3 Å². The lowest BCUT2D eigenvalue weighted by Gasteiger charge is -2.14. The molecule has 2 aromatic carbocycles. The second-order valence-corrected chi connectivity index (χ2v) is 21.1. The number of carboxylic acid groups (broad SMARTS) is 1. The first-order valence-corrected chi connectivity index (χ1v) is 25.6. The van der Waals surface area contributed by atoms with Gasteiger partial charge in [-0.25, -0.2) is 35.7 Å². The number of aryl methyl sites for hydroxylation is 3. The van der Waals surface area contributed by atoms with Gasteiger partial charge < -0.3 is 24.2 Å². The maximum absolute atomic E-state index is 12.8. The van der Waals surface area contributed by atoms with Crippen molar-refractivity contribution in [3.63, 3.8) is 0 Å². The van der Waals surface area contributed by atoms with Crippen LogP contribution in [0.4, 0.5) is 38.4 Å². The first-order valence-electron chi connectivity index (χ1n) is 17.3. The Morgan fingerprint density at radius 3 is 2.11 bits per heavy atom. The molecule has 0 aliphatic carbocycles. The molecule has 0 bridgehead atoms. The Balaban J connectivity index is 0.000000510. The summed E-state index contributed by atoms with van der Waals surface area (Å²) in [5, 5.41) is 15.7. The van der Waals surface area contributed by atoms with E-state index in [0.717, 1.165) is 18.4 Å². The van der Waals surface area contributed by atoms with E-state index in [1.165, 1.54) is 45.2 Å². The van der Waals surface area contributed by atoms with Gasteiger partial charge in [-0.1, -0.05) is 41.4 Å². The third-order valence-electron chi connectivity index (χ3n) is 6.63. The molecule has 0 radical (unpaired) electrons. The second-order valence-electron chi connectivity index (χ2n) is 12.9. The summed E-state index contributed by atoms with van der Waals surface area (Å²) in [5.41, 5.74) is -1.34. The monoisotopic (exact) mass is 1050 g/mol. The summed E-state index contributed by atoms with van der Waals surface area (Å²) in [6.45, 7) is -0.826. The largest absolute Gasteiger partial charge is 0.778 e. The lowest BCUT2D eigenvalue weighted by Crippen LogP contribution is -2.35. The lowest BCUT2D eigenvalue weighted by atomic mass is 10.1. The van der Waals surface area contributed by atoms with Crippen molar-refractivity contribution in [2.75, 3.05) is 55.0 Å². The van der Waals surface area contributed by atoms with Crippen LogP contribution in [0.5, 0.6) is 6.01 Å². The molecule has 65 heavy (non-hydrogen) atoms. The minimum atomic E-state index is -4.45. The highest BCUT2D eigenvalue weighted by atomic mass is 35.5. The Morgan fingerprint density at radius 2 is 1.62 bits per heavy atom. The number of urea groups is 1. The number of anilines is 2. The molecule has 0 saturated carbocycles. The van der Waals surface area contributed by atoms with E-state index in [0.29, 0.717) is 15.6 Å². The molecular formula is C32H42Cl2F5N10O12PS3. The van der Waals surface area contributed by atoms with Crippen LogP contribution in [0.25, 0.3) is 5.69 Å². The Morgan fingerprint density at radius 1 is 1.03 bits per heavy atom. The number of amides is 2. The molecule has 0 aliphatic rings. The van der Waals surface area contributed by atoms with Crippen molar-refractivity contribution in [2.24, 2.45) is 0 Å². The summed E-state index contributed by atoms with van der Waals surface area (Å²) in [6, 6.07) is 6.12. The van der Waals surface area contributed by atoms with E-state index in [2.05, 4.69) is 48.9 Å². The SMILES string of the molecule is COc1nc(C)nc(NC(=O)NS(=O)(=O)c2ccccc2CCC(F)(F)F)n1.C[S+](C)C.Cc1nn(-c2cc(NS(C)(=O)=O)c(Cl)cc2Cl)c(=O)n1C(F)F.O=C(O)CNCP(=O)([O-])O. The highest BCUT2D eigenvalue weighted by Gasteiger charge is 2.29. The fourth-order valence-corrected chi connectivity index (χ4v) is 7.00. The highest BCUT2D eigenvalue weighted by Crippen LogP contribution is 2.32. The van der Waals surface area contributed by atoms with Crippen LogP contribution in [0.15, 0.2) is 46.1 Å². The van der Waals surface area contributed by atoms with Crippen molar-refractivity contribution < 1.29 is 72.6 Å². The number of halogens is 7. The van der Waals surface area contributed by atoms with Crippen LogP contribution in [-0.2, 0) is 46.7 Å². The first kappa shape index (κ1) is 58.3. The molecule has 4 aromatic rings. The maximum atomic E-state index is 12.8. The molecule has 6 N–H and O–H groups in total. The molecule has 2 aromatic heterocycles. The number of aromatic nitrogens is 6. The summed E-state index contributed by atoms with van der Waals surface area (Å²) < 4.78 is 130. The van der Waals surface area contributed by atoms with E-state index in [9.17, 15) is 62.6 Å². The van der Waals surface area contributed by atoms with Crippen molar-refractivity contribution in [1.29, 1.82) is 0 Å². The average molecular weight is 1050 g/mol. The number of carboxylic acids is 1. The number of methoxy groups -OCH3 is 1. The van der Waals surface area contributed by atoms with E-state index in [-0.39, 0.29) is 55.2 Å². The van der Waals surface area contributed by atoms with Crippen LogP contribution >= 0.6 is 30.8 Å². The number of hydrogen-bond donors (Lipinski definition) is 6. The molecule has 4 rings (SSSR count). The molecule has 0 spiro atoms. The standard InChI is InChI=1S/C15H16F3N5O4S.C11H10Cl2F2N4O3S.C3H8NO5P.C3H9S/c1-9-19-12(22-14(20-9)27-2)21-13(24)23-28(25,26)11-6-4-3-5-10(11)7-8-15(16,17)18;1-5-16-19(11(20)18(5)10(14)15)9-4-8(17-23(2,21)22)6(12)3-7(9)13;5-3(6)1-4-2-10(7,8)9;1-4(2)3/h3-6H,7-8H2,1-2H3,(H2,19,20,21,22,23,24);3-4,10,17H,1-2H3;4H,1-2H2,(H,5,6)(H2,7,8,9);1-3H3/q;;;+1/p-1. The number of aliphatic carboxylic acids is 1. The van der Waals surface area contributed by atoms with Gasteiger partial charge in [-0.3, -0.25) is 20.2 Å². The predicted octanol–water partition coefficient (Wildman–Crippen LogP) is 3.27. The molecule has 364 valence electrons. The van der Waals surface area contributed by atoms with Gasteiger partial charge in [0.1, 0.15) is 19.2 Å². The summed E-state index contributed by atoms with van der Waals surface area (Å²) in [7, 11) is -10.5. The molecule has 1 unspecified atom stereocenters. The van der Waals surface area contributed by atoms with Crippen molar-refractivity contribution >= 4 is 85.4 Å². The fourth-order valence-electron chi connectivity index (χ4n) is 4.30. The number of benzene rings is 2. The van der Waals surface area contributed by atoms with Crippen LogP contribution in [0.3, 0.4) is 0 Å². The topological polar surface area (TPSA) is 319 Å². The quantitative estimate of drug-likeness (QED) is 0.0600. The third-order valence-corrected chi connectivity index (χ3v) is 9.89. The van der Waals surface area contributed by atoms with E-state index < -0.39 is 88.6 Å². The van der Waals surface area contributed by atoms with Gasteiger partial charge in [0.2, 0.25) is 16.0 Å². The van der Waals surface area contributed by atoms with Crippen LogP contribution in [0, 0.1) is 13.8 Å². The second kappa shape index (κ2) is 25.3. The zero-order valence-corrected chi connectivity index (χ0v) is 39.7. The Hall–Kier alpha value is -4.68. The number of nitrogens with zero attached hydrogens (tertiary/aromatic N) is 6. The summed E-state index contributed by atoms with van der Waals surface area (Å²) >= 11 is 11.8. The Kier molecular flexibility index (Phi) is 22.7. The van der Waals surface area contributed by atoms with Crippen LogP contribution < -0.4 is 35.4 Å². The van der Waals surface area contributed by atoms with Crippen molar-refractivity contribution in [3.05, 3.63) is 74.1 Å². The highest BCUT2D eigenvalue weighted by molar-refractivity contribution is 7.94. The predicted molar refractivity (Wildman–Crippen MR) is 229 cm³/mol. The Bertz CT molecular complexity index is 2600. The zero-order chi connectivity index (χ0) is 50.2. The maximum Gasteiger partial charge on any atom is 0.389 e. The molecule has 2 amide bonds. The molecule has 0 fully saturated rings. The van der Waals surface area contributed by atoms with E-state index >= 15 is 0 Å². The Labute approximate surface area is 380 Å². The third kappa shape index (κ3) is 22.4. The minimum Gasteiger partial charge on any atom is -0.778 e. The first-order chi connectivity index (χ1) is 29.7. The number of rotatable bonds is 14. The smallest absolute Gasteiger partial charge is 0.389 e. The van der Waals surface area contributed by atoms with Crippen LogP contribution in [0.2, 0.25) is 10.0 Å². The number of nitrogens with one attached hydrogen (secondary N) is 4. The molecule has 2 heterocycles.